The Morgan fingerprint density at radius 3 is 2.86 bits per heavy atom. The lowest BCUT2D eigenvalue weighted by Crippen LogP contribution is -2.50. The lowest BCUT2D eigenvalue weighted by Gasteiger charge is -2.36. The highest BCUT2D eigenvalue weighted by Crippen LogP contribution is 2.34. The lowest BCUT2D eigenvalue weighted by atomic mass is 10.0. The van der Waals surface area contributed by atoms with E-state index in [1.54, 1.807) is 24.3 Å². The molecule has 1 aromatic heterocycles. The molecule has 2 aliphatic heterocycles. The standard InChI is InChI=1S/C21H22N2O4S/c1-14-5-2-3-9-22(14)19(24)12-23-16-11-15(21(26)18-6-4-10-28-18)7-8-17(16)27-13-20(23)25/h4,6-8,10-11,14H,2-3,5,9,12-13H2,1H3. The van der Waals surface area contributed by atoms with E-state index in [4.69, 9.17) is 4.74 Å². The fourth-order valence-electron chi connectivity index (χ4n) is 3.76. The van der Waals surface area contributed by atoms with Crippen LogP contribution in [0.1, 0.15) is 41.4 Å². The molecule has 2 amide bonds. The van der Waals surface area contributed by atoms with Gasteiger partial charge < -0.3 is 9.64 Å². The summed E-state index contributed by atoms with van der Waals surface area (Å²) >= 11 is 1.37. The molecule has 4 rings (SSSR count). The fraction of sp³-hybridized carbons (Fsp3) is 0.381. The van der Waals surface area contributed by atoms with Crippen molar-refractivity contribution in [1.29, 1.82) is 0 Å². The number of nitrogens with zero attached hydrogens (tertiary/aromatic N) is 2. The Hall–Kier alpha value is -2.67. The molecule has 0 spiro atoms. The van der Waals surface area contributed by atoms with E-state index >= 15 is 0 Å². The normalized spacial score (nSPS) is 19.2. The van der Waals surface area contributed by atoms with E-state index in [9.17, 15) is 14.4 Å². The maximum atomic E-state index is 12.9. The van der Waals surface area contributed by atoms with Crippen LogP contribution in [0.4, 0.5) is 5.69 Å². The highest BCUT2D eigenvalue weighted by atomic mass is 32.1. The maximum absolute atomic E-state index is 12.9. The Bertz CT molecular complexity index is 909. The second-order valence-corrected chi connectivity index (χ2v) is 8.14. The van der Waals surface area contributed by atoms with E-state index in [1.807, 2.05) is 23.3 Å². The first kappa shape index (κ1) is 18.7. The van der Waals surface area contributed by atoms with Crippen LogP contribution in [0, 0.1) is 0 Å². The van der Waals surface area contributed by atoms with Crippen LogP contribution >= 0.6 is 11.3 Å². The molecule has 0 bridgehead atoms. The van der Waals surface area contributed by atoms with Gasteiger partial charge in [0.2, 0.25) is 11.7 Å². The van der Waals surface area contributed by atoms with Crippen LogP contribution in [-0.2, 0) is 9.59 Å². The molecular weight excluding hydrogens is 376 g/mol. The number of piperidine rings is 1. The third-order valence-electron chi connectivity index (χ3n) is 5.33. The van der Waals surface area contributed by atoms with Crippen molar-refractivity contribution in [2.45, 2.75) is 32.2 Å². The number of amides is 2. The predicted octanol–water partition coefficient (Wildman–Crippen LogP) is 3.11. The number of hydrogen-bond donors (Lipinski definition) is 0. The number of carbonyl (C=O) groups is 3. The molecule has 1 unspecified atom stereocenters. The smallest absolute Gasteiger partial charge is 0.265 e. The van der Waals surface area contributed by atoms with Crippen molar-refractivity contribution < 1.29 is 19.1 Å². The molecule has 0 radical (unpaired) electrons. The summed E-state index contributed by atoms with van der Waals surface area (Å²) < 4.78 is 5.51. The maximum Gasteiger partial charge on any atom is 0.265 e. The largest absolute Gasteiger partial charge is 0.482 e. The van der Waals surface area contributed by atoms with Crippen molar-refractivity contribution >= 4 is 34.6 Å². The van der Waals surface area contributed by atoms with Crippen LogP contribution in [-0.4, -0.2) is 48.2 Å². The number of ketones is 1. The molecule has 2 aliphatic rings. The van der Waals surface area contributed by atoms with E-state index < -0.39 is 0 Å². The molecule has 1 fully saturated rings. The Morgan fingerprint density at radius 1 is 1.25 bits per heavy atom. The van der Waals surface area contributed by atoms with E-state index in [0.717, 1.165) is 25.8 Å². The van der Waals surface area contributed by atoms with Crippen LogP contribution in [0.2, 0.25) is 0 Å². The quantitative estimate of drug-likeness (QED) is 0.743. The summed E-state index contributed by atoms with van der Waals surface area (Å²) in [5.74, 6) is 0.0724. The van der Waals surface area contributed by atoms with Crippen LogP contribution in [0.15, 0.2) is 35.7 Å². The average Bonchev–Trinajstić information content (AvgIpc) is 3.24. The minimum atomic E-state index is -0.272. The summed E-state index contributed by atoms with van der Waals surface area (Å²) in [6.45, 7) is 2.64. The molecule has 0 saturated carbocycles. The number of benzene rings is 1. The molecule has 28 heavy (non-hydrogen) atoms. The minimum Gasteiger partial charge on any atom is -0.482 e. The molecule has 1 atom stereocenters. The first-order chi connectivity index (χ1) is 13.5. The fourth-order valence-corrected chi connectivity index (χ4v) is 4.45. The summed E-state index contributed by atoms with van der Waals surface area (Å²) in [6.07, 6.45) is 3.10. The second-order valence-electron chi connectivity index (χ2n) is 7.19. The number of likely N-dealkylation sites (tertiary alicyclic amines) is 1. The van der Waals surface area contributed by atoms with Gasteiger partial charge in [-0.3, -0.25) is 19.3 Å². The van der Waals surface area contributed by atoms with Crippen molar-refractivity contribution in [3.8, 4) is 5.75 Å². The minimum absolute atomic E-state index is 0.0316. The molecule has 1 aromatic carbocycles. The first-order valence-electron chi connectivity index (χ1n) is 9.49. The molecular formula is C21H22N2O4S. The van der Waals surface area contributed by atoms with Crippen molar-refractivity contribution in [2.24, 2.45) is 0 Å². The zero-order chi connectivity index (χ0) is 19.7. The van der Waals surface area contributed by atoms with Gasteiger partial charge in [-0.05, 0) is 55.8 Å². The van der Waals surface area contributed by atoms with Gasteiger partial charge in [-0.25, -0.2) is 0 Å². The van der Waals surface area contributed by atoms with Crippen molar-refractivity contribution in [3.63, 3.8) is 0 Å². The van der Waals surface area contributed by atoms with Gasteiger partial charge in [-0.2, -0.15) is 0 Å². The van der Waals surface area contributed by atoms with Gasteiger partial charge in [0.1, 0.15) is 12.3 Å². The van der Waals surface area contributed by atoms with E-state index in [1.165, 1.54) is 16.2 Å². The highest BCUT2D eigenvalue weighted by molar-refractivity contribution is 7.12. The van der Waals surface area contributed by atoms with Crippen molar-refractivity contribution in [3.05, 3.63) is 46.2 Å². The summed E-state index contributed by atoms with van der Waals surface area (Å²) in [7, 11) is 0. The summed E-state index contributed by atoms with van der Waals surface area (Å²) in [5, 5.41) is 1.85. The molecule has 6 nitrogen and oxygen atoms in total. The van der Waals surface area contributed by atoms with Gasteiger partial charge in [0.05, 0.1) is 10.6 Å². The molecule has 3 heterocycles. The van der Waals surface area contributed by atoms with Gasteiger partial charge in [-0.15, -0.1) is 11.3 Å². The highest BCUT2D eigenvalue weighted by Gasteiger charge is 2.31. The van der Waals surface area contributed by atoms with Crippen LogP contribution in [0.3, 0.4) is 0 Å². The third kappa shape index (κ3) is 3.54. The van der Waals surface area contributed by atoms with Crippen LogP contribution in [0.5, 0.6) is 5.75 Å². The first-order valence-corrected chi connectivity index (χ1v) is 10.4. The Labute approximate surface area is 167 Å². The van der Waals surface area contributed by atoms with Crippen LogP contribution in [0.25, 0.3) is 0 Å². The summed E-state index contributed by atoms with van der Waals surface area (Å²) in [5.41, 5.74) is 0.958. The number of ether oxygens (including phenoxy) is 1. The Kier molecular flexibility index (Phi) is 5.17. The summed E-state index contributed by atoms with van der Waals surface area (Å²) in [4.78, 5) is 42.0. The number of fused-ring (bicyclic) bond motifs is 1. The van der Waals surface area contributed by atoms with E-state index in [0.29, 0.717) is 21.9 Å². The molecule has 2 aromatic rings. The number of anilines is 1. The molecule has 1 saturated heterocycles. The second kappa shape index (κ2) is 7.75. The molecule has 7 heteroatoms. The SMILES string of the molecule is CC1CCCCN1C(=O)CN1C(=O)COc2ccc(C(=O)c3cccs3)cc21. The number of hydrogen-bond acceptors (Lipinski definition) is 5. The van der Waals surface area contributed by atoms with Gasteiger partial charge >= 0.3 is 0 Å². The molecule has 0 aliphatic carbocycles. The summed E-state index contributed by atoms with van der Waals surface area (Å²) in [6, 6.07) is 8.83. The number of carbonyl (C=O) groups excluding carboxylic acids is 3. The van der Waals surface area contributed by atoms with E-state index in [2.05, 4.69) is 0 Å². The third-order valence-corrected chi connectivity index (χ3v) is 6.19. The van der Waals surface area contributed by atoms with E-state index in [-0.39, 0.29) is 36.8 Å². The number of rotatable bonds is 4. The number of thiophene rings is 1. The van der Waals surface area contributed by atoms with Gasteiger partial charge in [0, 0.05) is 18.2 Å². The topological polar surface area (TPSA) is 66.9 Å². The monoisotopic (exact) mass is 398 g/mol. The van der Waals surface area contributed by atoms with Crippen molar-refractivity contribution in [1.82, 2.24) is 4.90 Å². The van der Waals surface area contributed by atoms with Gasteiger partial charge in [0.15, 0.2) is 6.61 Å². The van der Waals surface area contributed by atoms with Gasteiger partial charge in [-0.1, -0.05) is 6.07 Å². The van der Waals surface area contributed by atoms with Crippen molar-refractivity contribution in [2.75, 3.05) is 24.6 Å². The zero-order valence-corrected chi connectivity index (χ0v) is 16.5. The van der Waals surface area contributed by atoms with Crippen LogP contribution < -0.4 is 9.64 Å². The molecule has 146 valence electrons. The van der Waals surface area contributed by atoms with Gasteiger partial charge in [0.25, 0.3) is 5.91 Å². The zero-order valence-electron chi connectivity index (χ0n) is 15.7. The predicted molar refractivity (Wildman–Crippen MR) is 107 cm³/mol. The molecule has 0 N–H and O–H groups in total. The average molecular weight is 398 g/mol. The Balaban J connectivity index is 1.61. The Morgan fingerprint density at radius 2 is 2.11 bits per heavy atom. The lowest BCUT2D eigenvalue weighted by molar-refractivity contribution is -0.134.